The molecule has 0 fully saturated rings. The standard InChI is InChI=1S/C11H8F6O/c1-2-7-4-3-5-8(6-7)9(12,13)10(14,18)11(15,16)17/h2-6,18H,1H2. The van der Waals surface area contributed by atoms with Crippen molar-refractivity contribution in [1.29, 1.82) is 0 Å². The van der Waals surface area contributed by atoms with Gasteiger partial charge in [0, 0.05) is 5.56 Å². The first-order chi connectivity index (χ1) is 8.04. The average Bonchev–Trinajstić information content (AvgIpc) is 2.27. The number of aliphatic hydroxyl groups is 1. The Labute approximate surface area is 98.4 Å². The number of alkyl halides is 6. The number of hydrogen-bond acceptors (Lipinski definition) is 1. The average molecular weight is 270 g/mol. The highest BCUT2D eigenvalue weighted by molar-refractivity contribution is 5.48. The van der Waals surface area contributed by atoms with E-state index in [0.717, 1.165) is 12.1 Å². The van der Waals surface area contributed by atoms with Crippen molar-refractivity contribution in [3.63, 3.8) is 0 Å². The molecule has 0 aliphatic rings. The van der Waals surface area contributed by atoms with Crippen molar-refractivity contribution in [2.75, 3.05) is 0 Å². The summed E-state index contributed by atoms with van der Waals surface area (Å²) in [6.45, 7) is 3.24. The van der Waals surface area contributed by atoms with Crippen molar-refractivity contribution < 1.29 is 31.4 Å². The highest BCUT2D eigenvalue weighted by atomic mass is 19.4. The second kappa shape index (κ2) is 4.31. The first-order valence-electron chi connectivity index (χ1n) is 4.63. The number of benzene rings is 1. The van der Waals surface area contributed by atoms with Crippen LogP contribution in [0.5, 0.6) is 0 Å². The van der Waals surface area contributed by atoms with Gasteiger partial charge in [0.25, 0.3) is 0 Å². The molecule has 0 radical (unpaired) electrons. The third kappa shape index (κ3) is 2.22. The Bertz CT molecular complexity index is 449. The predicted octanol–water partition coefficient (Wildman–Crippen LogP) is 3.64. The zero-order valence-corrected chi connectivity index (χ0v) is 8.81. The van der Waals surface area contributed by atoms with Gasteiger partial charge in [-0.3, -0.25) is 0 Å². The van der Waals surface area contributed by atoms with E-state index in [1.54, 1.807) is 0 Å². The Morgan fingerprint density at radius 1 is 1.06 bits per heavy atom. The zero-order chi connectivity index (χ0) is 14.2. The molecule has 18 heavy (non-hydrogen) atoms. The van der Waals surface area contributed by atoms with Gasteiger partial charge in [-0.25, -0.2) is 0 Å². The lowest BCUT2D eigenvalue weighted by atomic mass is 9.99. The van der Waals surface area contributed by atoms with Crippen LogP contribution in [-0.2, 0) is 5.92 Å². The van der Waals surface area contributed by atoms with Gasteiger partial charge in [-0.1, -0.05) is 30.9 Å². The van der Waals surface area contributed by atoms with E-state index < -0.39 is 23.5 Å². The molecule has 0 aromatic heterocycles. The van der Waals surface area contributed by atoms with Crippen molar-refractivity contribution in [1.82, 2.24) is 0 Å². The summed E-state index contributed by atoms with van der Waals surface area (Å²) in [4.78, 5) is 0. The molecule has 0 saturated carbocycles. The van der Waals surface area contributed by atoms with Gasteiger partial charge in [-0.05, 0) is 11.6 Å². The van der Waals surface area contributed by atoms with E-state index in [2.05, 4.69) is 6.58 Å². The number of hydrogen-bond donors (Lipinski definition) is 1. The van der Waals surface area contributed by atoms with Gasteiger partial charge in [-0.15, -0.1) is 0 Å². The Morgan fingerprint density at radius 3 is 2.06 bits per heavy atom. The summed E-state index contributed by atoms with van der Waals surface area (Å²) < 4.78 is 75.9. The molecule has 0 amide bonds. The molecule has 0 saturated heterocycles. The van der Waals surface area contributed by atoms with Crippen LogP contribution in [-0.4, -0.2) is 17.1 Å². The van der Waals surface area contributed by atoms with Crippen molar-refractivity contribution in [3.8, 4) is 0 Å². The molecule has 1 aromatic carbocycles. The van der Waals surface area contributed by atoms with E-state index in [1.807, 2.05) is 0 Å². The van der Waals surface area contributed by atoms with E-state index in [-0.39, 0.29) is 5.56 Å². The third-order valence-electron chi connectivity index (χ3n) is 2.28. The Balaban J connectivity index is 3.32. The van der Waals surface area contributed by atoms with E-state index >= 15 is 0 Å². The quantitative estimate of drug-likeness (QED) is 0.831. The highest BCUT2D eigenvalue weighted by Crippen LogP contribution is 2.49. The van der Waals surface area contributed by atoms with Crippen LogP contribution in [0.25, 0.3) is 6.08 Å². The molecule has 1 atom stereocenters. The molecule has 1 N–H and O–H groups in total. The van der Waals surface area contributed by atoms with Crippen molar-refractivity contribution >= 4 is 6.08 Å². The fourth-order valence-corrected chi connectivity index (χ4v) is 1.23. The van der Waals surface area contributed by atoms with E-state index in [0.29, 0.717) is 12.1 Å². The molecular weight excluding hydrogens is 262 g/mol. The van der Waals surface area contributed by atoms with Gasteiger partial charge in [0.1, 0.15) is 0 Å². The van der Waals surface area contributed by atoms with Crippen LogP contribution < -0.4 is 0 Å². The van der Waals surface area contributed by atoms with Gasteiger partial charge in [0.05, 0.1) is 0 Å². The molecule has 0 aliphatic heterocycles. The second-order valence-electron chi connectivity index (χ2n) is 3.52. The number of halogens is 6. The van der Waals surface area contributed by atoms with Crippen LogP contribution in [0.1, 0.15) is 11.1 Å². The summed E-state index contributed by atoms with van der Waals surface area (Å²) in [5.41, 5.74) is -1.22. The molecule has 1 unspecified atom stereocenters. The van der Waals surface area contributed by atoms with E-state index in [1.165, 1.54) is 6.07 Å². The maximum Gasteiger partial charge on any atom is 0.455 e. The maximum absolute atomic E-state index is 13.4. The molecule has 100 valence electrons. The zero-order valence-electron chi connectivity index (χ0n) is 8.81. The van der Waals surface area contributed by atoms with Crippen LogP contribution in [0.3, 0.4) is 0 Å². The lowest BCUT2D eigenvalue weighted by molar-refractivity contribution is -0.390. The molecular formula is C11H8F6O. The van der Waals surface area contributed by atoms with Crippen LogP contribution in [0, 0.1) is 0 Å². The van der Waals surface area contributed by atoms with Crippen molar-refractivity contribution in [3.05, 3.63) is 42.0 Å². The van der Waals surface area contributed by atoms with Crippen molar-refractivity contribution in [2.45, 2.75) is 18.0 Å². The van der Waals surface area contributed by atoms with Crippen LogP contribution in [0.2, 0.25) is 0 Å². The monoisotopic (exact) mass is 270 g/mol. The van der Waals surface area contributed by atoms with Crippen LogP contribution in [0.4, 0.5) is 26.3 Å². The van der Waals surface area contributed by atoms with E-state index in [9.17, 15) is 26.3 Å². The summed E-state index contributed by atoms with van der Waals surface area (Å²) in [5, 5.41) is 8.43. The molecule has 1 aromatic rings. The van der Waals surface area contributed by atoms with Crippen LogP contribution in [0.15, 0.2) is 30.8 Å². The van der Waals surface area contributed by atoms with Gasteiger partial charge >= 0.3 is 18.0 Å². The number of rotatable bonds is 3. The summed E-state index contributed by atoms with van der Waals surface area (Å²) >= 11 is 0. The minimum absolute atomic E-state index is 0.0742. The highest BCUT2D eigenvalue weighted by Gasteiger charge is 2.71. The van der Waals surface area contributed by atoms with Crippen molar-refractivity contribution in [2.24, 2.45) is 0 Å². The minimum Gasteiger partial charge on any atom is -0.350 e. The molecule has 0 bridgehead atoms. The SMILES string of the molecule is C=Cc1cccc(C(F)(F)C(O)(F)C(F)(F)F)c1. The van der Waals surface area contributed by atoms with E-state index in [4.69, 9.17) is 5.11 Å². The van der Waals surface area contributed by atoms with Gasteiger partial charge in [0.15, 0.2) is 0 Å². The Kier molecular flexibility index (Phi) is 3.49. The lowest BCUT2D eigenvalue weighted by Gasteiger charge is -2.30. The molecule has 1 nitrogen and oxygen atoms in total. The largest absolute Gasteiger partial charge is 0.455 e. The minimum atomic E-state index is -6.11. The fourth-order valence-electron chi connectivity index (χ4n) is 1.23. The Morgan fingerprint density at radius 2 is 1.61 bits per heavy atom. The van der Waals surface area contributed by atoms with Crippen LogP contribution >= 0.6 is 0 Å². The fraction of sp³-hybridized carbons (Fsp3) is 0.273. The summed E-state index contributed by atoms with van der Waals surface area (Å²) in [6.07, 6.45) is -5.01. The normalized spacial score (nSPS) is 16.2. The molecule has 0 spiro atoms. The molecule has 1 rings (SSSR count). The Hall–Kier alpha value is -1.50. The predicted molar refractivity (Wildman–Crippen MR) is 52.5 cm³/mol. The summed E-state index contributed by atoms with van der Waals surface area (Å²) in [6, 6.07) is 3.50. The lowest BCUT2D eigenvalue weighted by Crippen LogP contribution is -2.53. The molecule has 0 aliphatic carbocycles. The molecule has 7 heteroatoms. The summed E-state index contributed by atoms with van der Waals surface area (Å²) in [7, 11) is 0. The third-order valence-corrected chi connectivity index (χ3v) is 2.28. The molecule has 0 heterocycles. The topological polar surface area (TPSA) is 20.2 Å². The van der Waals surface area contributed by atoms with Gasteiger partial charge in [-0.2, -0.15) is 26.3 Å². The van der Waals surface area contributed by atoms with Gasteiger partial charge < -0.3 is 5.11 Å². The smallest absolute Gasteiger partial charge is 0.350 e. The second-order valence-corrected chi connectivity index (χ2v) is 3.52. The maximum atomic E-state index is 13.4. The van der Waals surface area contributed by atoms with Gasteiger partial charge in [0.2, 0.25) is 0 Å². The first-order valence-corrected chi connectivity index (χ1v) is 4.63. The first kappa shape index (κ1) is 14.6. The summed E-state index contributed by atoms with van der Waals surface area (Å²) in [5.74, 6) is -10.8.